The number of aliphatic hydroxyl groups is 1. The number of hydrogen-bond donors (Lipinski definition) is 2. The van der Waals surface area contributed by atoms with E-state index >= 15 is 0 Å². The van der Waals surface area contributed by atoms with Gasteiger partial charge in [-0.05, 0) is 19.3 Å². The van der Waals surface area contributed by atoms with Crippen LogP contribution in [0.4, 0.5) is 0 Å². The van der Waals surface area contributed by atoms with Crippen LogP contribution in [0.5, 0.6) is 0 Å². The number of unbranched alkanes of at least 4 members (excludes halogenated alkanes) is 6. The van der Waals surface area contributed by atoms with Gasteiger partial charge >= 0.3 is 0 Å². The number of thiol groups is 1. The number of hydrogen-bond acceptors (Lipinski definition) is 2. The molecule has 3 heteroatoms. The van der Waals surface area contributed by atoms with Crippen molar-refractivity contribution in [3.05, 3.63) is 0 Å². The van der Waals surface area contributed by atoms with Gasteiger partial charge in [0.25, 0.3) is 0 Å². The molecule has 0 radical (unpaired) electrons. The molecule has 0 aliphatic rings. The predicted octanol–water partition coefficient (Wildman–Crippen LogP) is 3.97. The summed E-state index contributed by atoms with van der Waals surface area (Å²) in [5.41, 5.74) is 0. The van der Waals surface area contributed by atoms with Gasteiger partial charge in [0.2, 0.25) is 0 Å². The quantitative estimate of drug-likeness (QED) is 0.411. The fraction of sp³-hybridized carbons (Fsp3) is 0.929. The molecule has 1 unspecified atom stereocenters. The number of carbonyl (C=O) groups is 1. The number of carbonyl (C=O) groups excluding carboxylic acids is 1. The lowest BCUT2D eigenvalue weighted by atomic mass is 9.97. The SMILES string of the molecule is CCCCCCCCCC(CCCO)C(=O)S. The summed E-state index contributed by atoms with van der Waals surface area (Å²) in [5.74, 6) is 0.0566. The molecule has 0 amide bonds. The molecular formula is C14H28O2S. The van der Waals surface area contributed by atoms with Crippen LogP contribution >= 0.6 is 12.6 Å². The molecule has 0 spiro atoms. The molecule has 102 valence electrons. The average molecular weight is 260 g/mol. The third kappa shape index (κ3) is 10.8. The van der Waals surface area contributed by atoms with Crippen molar-refractivity contribution >= 4 is 17.7 Å². The minimum absolute atomic E-state index is 0.00978. The summed E-state index contributed by atoms with van der Waals surface area (Å²) in [5, 5.41) is 8.74. The van der Waals surface area contributed by atoms with Gasteiger partial charge in [-0.15, -0.1) is 12.6 Å². The Morgan fingerprint density at radius 2 is 1.53 bits per heavy atom. The van der Waals surface area contributed by atoms with E-state index in [1.807, 2.05) is 0 Å². The van der Waals surface area contributed by atoms with Crippen molar-refractivity contribution in [2.75, 3.05) is 6.61 Å². The molecule has 0 aromatic carbocycles. The van der Waals surface area contributed by atoms with Gasteiger partial charge in [-0.1, -0.05) is 51.9 Å². The van der Waals surface area contributed by atoms with E-state index in [0.29, 0.717) is 6.42 Å². The Kier molecular flexibility index (Phi) is 12.4. The largest absolute Gasteiger partial charge is 0.396 e. The first-order valence-corrected chi connectivity index (χ1v) is 7.50. The summed E-state index contributed by atoms with van der Waals surface area (Å²) in [4.78, 5) is 11.2. The van der Waals surface area contributed by atoms with E-state index in [1.54, 1.807) is 0 Å². The lowest BCUT2D eigenvalue weighted by Crippen LogP contribution is -2.09. The minimum atomic E-state index is -0.00978. The molecule has 2 nitrogen and oxygen atoms in total. The zero-order chi connectivity index (χ0) is 12.9. The molecule has 1 atom stereocenters. The van der Waals surface area contributed by atoms with Gasteiger partial charge in [-0.25, -0.2) is 0 Å². The zero-order valence-corrected chi connectivity index (χ0v) is 12.1. The van der Waals surface area contributed by atoms with E-state index in [9.17, 15) is 4.79 Å². The molecule has 0 saturated heterocycles. The van der Waals surface area contributed by atoms with Crippen LogP contribution in [0.15, 0.2) is 0 Å². The van der Waals surface area contributed by atoms with Crippen LogP contribution in [0.3, 0.4) is 0 Å². The van der Waals surface area contributed by atoms with E-state index < -0.39 is 0 Å². The van der Waals surface area contributed by atoms with Crippen molar-refractivity contribution in [2.45, 2.75) is 71.1 Å². The molecular weight excluding hydrogens is 232 g/mol. The van der Waals surface area contributed by atoms with Gasteiger partial charge in [-0.3, -0.25) is 4.79 Å². The van der Waals surface area contributed by atoms with Crippen LogP contribution in [-0.4, -0.2) is 16.8 Å². The van der Waals surface area contributed by atoms with Crippen molar-refractivity contribution in [1.29, 1.82) is 0 Å². The normalized spacial score (nSPS) is 12.6. The second-order valence-corrected chi connectivity index (χ2v) is 5.25. The van der Waals surface area contributed by atoms with E-state index in [4.69, 9.17) is 5.11 Å². The highest BCUT2D eigenvalue weighted by Gasteiger charge is 2.13. The van der Waals surface area contributed by atoms with Crippen LogP contribution in [0.25, 0.3) is 0 Å². The average Bonchev–Trinajstić information content (AvgIpc) is 2.31. The van der Waals surface area contributed by atoms with Crippen molar-refractivity contribution in [3.8, 4) is 0 Å². The van der Waals surface area contributed by atoms with Crippen molar-refractivity contribution in [3.63, 3.8) is 0 Å². The first kappa shape index (κ1) is 17.0. The molecule has 0 aromatic heterocycles. The summed E-state index contributed by atoms with van der Waals surface area (Å²) in [6.07, 6.45) is 11.4. The first-order valence-electron chi connectivity index (χ1n) is 7.06. The Bertz CT molecular complexity index is 183. The Morgan fingerprint density at radius 1 is 1.00 bits per heavy atom. The van der Waals surface area contributed by atoms with E-state index in [-0.39, 0.29) is 17.6 Å². The summed E-state index contributed by atoms with van der Waals surface area (Å²) < 4.78 is 0. The molecule has 0 heterocycles. The van der Waals surface area contributed by atoms with Gasteiger partial charge in [0.05, 0.1) is 0 Å². The summed E-state index contributed by atoms with van der Waals surface area (Å²) in [7, 11) is 0. The molecule has 1 N–H and O–H groups in total. The molecule has 0 fully saturated rings. The monoisotopic (exact) mass is 260 g/mol. The third-order valence-corrected chi connectivity index (χ3v) is 3.58. The topological polar surface area (TPSA) is 37.3 Å². The lowest BCUT2D eigenvalue weighted by Gasteiger charge is -2.11. The lowest BCUT2D eigenvalue weighted by molar-refractivity contribution is -0.114. The predicted molar refractivity (Wildman–Crippen MR) is 76.4 cm³/mol. The van der Waals surface area contributed by atoms with Gasteiger partial charge in [0.1, 0.15) is 0 Å². The molecule has 0 saturated carbocycles. The molecule has 0 bridgehead atoms. The van der Waals surface area contributed by atoms with Crippen LogP contribution in [-0.2, 0) is 4.79 Å². The fourth-order valence-corrected chi connectivity index (χ4v) is 2.34. The van der Waals surface area contributed by atoms with E-state index in [2.05, 4.69) is 19.6 Å². The highest BCUT2D eigenvalue weighted by molar-refractivity contribution is 7.96. The first-order chi connectivity index (χ1) is 8.22. The van der Waals surface area contributed by atoms with Crippen LogP contribution in [0.2, 0.25) is 0 Å². The maximum Gasteiger partial charge on any atom is 0.188 e. The molecule has 17 heavy (non-hydrogen) atoms. The highest BCUT2D eigenvalue weighted by Crippen LogP contribution is 2.19. The van der Waals surface area contributed by atoms with Gasteiger partial charge in [-0.2, -0.15) is 0 Å². The zero-order valence-electron chi connectivity index (χ0n) is 11.2. The second kappa shape index (κ2) is 12.4. The highest BCUT2D eigenvalue weighted by atomic mass is 32.1. The van der Waals surface area contributed by atoms with Crippen molar-refractivity contribution < 1.29 is 9.90 Å². The maximum atomic E-state index is 11.2. The Hall–Kier alpha value is -0.0200. The van der Waals surface area contributed by atoms with Crippen LogP contribution in [0, 0.1) is 5.92 Å². The standard InChI is InChI=1S/C14H28O2S/c1-2-3-4-5-6-7-8-10-13(14(16)17)11-9-12-15/h13,15H,2-12H2,1H3,(H,16,17). The van der Waals surface area contributed by atoms with Crippen molar-refractivity contribution in [2.24, 2.45) is 5.92 Å². The smallest absolute Gasteiger partial charge is 0.188 e. The Balaban J connectivity index is 3.44. The second-order valence-electron chi connectivity index (χ2n) is 4.81. The molecule has 0 aliphatic carbocycles. The van der Waals surface area contributed by atoms with Gasteiger partial charge in [0.15, 0.2) is 5.12 Å². The Morgan fingerprint density at radius 3 is 2.06 bits per heavy atom. The van der Waals surface area contributed by atoms with Crippen molar-refractivity contribution in [1.82, 2.24) is 0 Å². The van der Waals surface area contributed by atoms with Gasteiger partial charge in [0, 0.05) is 12.5 Å². The summed E-state index contributed by atoms with van der Waals surface area (Å²) in [6.45, 7) is 2.40. The molecule has 0 aromatic rings. The molecule has 0 aliphatic heterocycles. The van der Waals surface area contributed by atoms with E-state index in [1.165, 1.54) is 38.5 Å². The fourth-order valence-electron chi connectivity index (χ4n) is 2.08. The maximum absolute atomic E-state index is 11.2. The summed E-state index contributed by atoms with van der Waals surface area (Å²) in [6, 6.07) is 0. The molecule has 0 rings (SSSR count). The van der Waals surface area contributed by atoms with Crippen LogP contribution < -0.4 is 0 Å². The number of rotatable bonds is 12. The van der Waals surface area contributed by atoms with E-state index in [0.717, 1.165) is 19.3 Å². The Labute approximate surface area is 112 Å². The van der Waals surface area contributed by atoms with Gasteiger partial charge < -0.3 is 5.11 Å². The van der Waals surface area contributed by atoms with Crippen LogP contribution in [0.1, 0.15) is 71.1 Å². The summed E-state index contributed by atoms with van der Waals surface area (Å²) >= 11 is 3.92. The third-order valence-electron chi connectivity index (χ3n) is 3.22. The minimum Gasteiger partial charge on any atom is -0.396 e. The number of aliphatic hydroxyl groups excluding tert-OH is 1.